The first-order valence-electron chi connectivity index (χ1n) is 7.68. The maximum Gasteiger partial charge on any atom is 0.230 e. The second kappa shape index (κ2) is 8.48. The summed E-state index contributed by atoms with van der Waals surface area (Å²) in [5, 5.41) is 3.02. The van der Waals surface area contributed by atoms with Crippen LogP contribution < -0.4 is 5.32 Å². The van der Waals surface area contributed by atoms with Crippen LogP contribution in [0.1, 0.15) is 26.2 Å². The lowest BCUT2D eigenvalue weighted by Crippen LogP contribution is -2.45. The Morgan fingerprint density at radius 1 is 1.32 bits per heavy atom. The van der Waals surface area contributed by atoms with Crippen LogP contribution in [0.4, 0.5) is 8.78 Å². The zero-order valence-corrected chi connectivity index (χ0v) is 13.6. The topological polar surface area (TPSA) is 32.3 Å². The fraction of sp³-hybridized carbons (Fsp3) is 0.562. The highest BCUT2D eigenvalue weighted by atomic mass is 32.2. The second-order valence-corrected chi connectivity index (χ2v) is 6.60. The summed E-state index contributed by atoms with van der Waals surface area (Å²) in [6.07, 6.45) is 3.10. The Hall–Kier alpha value is -1.14. The van der Waals surface area contributed by atoms with Crippen molar-refractivity contribution in [3.05, 3.63) is 29.8 Å². The quantitative estimate of drug-likeness (QED) is 0.815. The highest BCUT2D eigenvalue weighted by molar-refractivity contribution is 8.00. The molecule has 1 amide bonds. The molecule has 0 unspecified atom stereocenters. The van der Waals surface area contributed by atoms with Gasteiger partial charge in [0.15, 0.2) is 11.6 Å². The van der Waals surface area contributed by atoms with E-state index in [1.165, 1.54) is 17.8 Å². The number of thioether (sulfide) groups is 1. The second-order valence-electron chi connectivity index (χ2n) is 5.55. The Balaban J connectivity index is 1.71. The van der Waals surface area contributed by atoms with Crippen LogP contribution in [0, 0.1) is 11.6 Å². The summed E-state index contributed by atoms with van der Waals surface area (Å²) in [6.45, 7) is 5.33. The Morgan fingerprint density at radius 2 is 2.05 bits per heavy atom. The monoisotopic (exact) mass is 328 g/mol. The summed E-state index contributed by atoms with van der Waals surface area (Å²) in [6, 6.07) is 3.92. The maximum atomic E-state index is 13.1. The lowest BCUT2D eigenvalue weighted by Gasteiger charge is -2.32. The normalized spacial score (nSPS) is 16.7. The molecule has 1 aliphatic rings. The number of nitrogens with one attached hydrogen (secondary N) is 1. The number of halogens is 2. The fourth-order valence-corrected chi connectivity index (χ4v) is 3.33. The third-order valence-corrected chi connectivity index (χ3v) is 4.75. The largest absolute Gasteiger partial charge is 0.353 e. The molecule has 22 heavy (non-hydrogen) atoms. The van der Waals surface area contributed by atoms with Crippen LogP contribution in [-0.2, 0) is 4.79 Å². The number of rotatable bonds is 6. The number of nitrogens with zero attached hydrogens (tertiary/aromatic N) is 1. The van der Waals surface area contributed by atoms with Gasteiger partial charge in [-0.05, 0) is 44.0 Å². The van der Waals surface area contributed by atoms with Gasteiger partial charge in [0, 0.05) is 24.0 Å². The molecular formula is C16H22F2N2OS. The van der Waals surface area contributed by atoms with Crippen molar-refractivity contribution in [3.63, 3.8) is 0 Å². The van der Waals surface area contributed by atoms with Crippen LogP contribution in [0.2, 0.25) is 0 Å². The number of amides is 1. The summed E-state index contributed by atoms with van der Waals surface area (Å²) in [5.74, 6) is -1.58. The van der Waals surface area contributed by atoms with Crippen LogP contribution in [0.15, 0.2) is 23.1 Å². The van der Waals surface area contributed by atoms with Crippen molar-refractivity contribution in [1.29, 1.82) is 0 Å². The molecule has 1 aromatic carbocycles. The van der Waals surface area contributed by atoms with Gasteiger partial charge in [0.05, 0.1) is 5.75 Å². The van der Waals surface area contributed by atoms with E-state index in [-0.39, 0.29) is 17.7 Å². The number of likely N-dealkylation sites (tertiary alicyclic amines) is 1. The summed E-state index contributed by atoms with van der Waals surface area (Å²) < 4.78 is 25.9. The predicted molar refractivity (Wildman–Crippen MR) is 85.0 cm³/mol. The summed E-state index contributed by atoms with van der Waals surface area (Å²) in [7, 11) is 0. The van der Waals surface area contributed by atoms with Crippen LogP contribution in [0.25, 0.3) is 0 Å². The molecular weight excluding hydrogens is 306 g/mol. The molecule has 1 aliphatic heterocycles. The van der Waals surface area contributed by atoms with E-state index in [1.807, 2.05) is 0 Å². The summed E-state index contributed by atoms with van der Waals surface area (Å²) in [4.78, 5) is 14.9. The Labute approximate surface area is 134 Å². The van der Waals surface area contributed by atoms with E-state index in [0.717, 1.165) is 51.0 Å². The summed E-state index contributed by atoms with van der Waals surface area (Å²) in [5.41, 5.74) is 0. The average Bonchev–Trinajstić information content (AvgIpc) is 2.51. The standard InChI is InChI=1S/C16H22F2N2OS/c1-2-7-20-8-5-12(6-9-20)19-16(21)11-22-13-3-4-14(17)15(18)10-13/h3-4,10,12H,2,5-9,11H2,1H3,(H,19,21). The summed E-state index contributed by atoms with van der Waals surface area (Å²) >= 11 is 1.22. The molecule has 2 rings (SSSR count). The van der Waals surface area contributed by atoms with E-state index in [4.69, 9.17) is 0 Å². The molecule has 1 heterocycles. The number of benzene rings is 1. The third kappa shape index (κ3) is 5.25. The van der Waals surface area contributed by atoms with E-state index in [0.29, 0.717) is 4.90 Å². The number of piperidine rings is 1. The molecule has 3 nitrogen and oxygen atoms in total. The Morgan fingerprint density at radius 3 is 2.68 bits per heavy atom. The van der Waals surface area contributed by atoms with Gasteiger partial charge in [-0.15, -0.1) is 11.8 Å². The van der Waals surface area contributed by atoms with Gasteiger partial charge >= 0.3 is 0 Å². The first-order valence-corrected chi connectivity index (χ1v) is 8.66. The number of hydrogen-bond donors (Lipinski definition) is 1. The van der Waals surface area contributed by atoms with Crippen molar-refractivity contribution in [2.75, 3.05) is 25.4 Å². The molecule has 0 spiro atoms. The molecule has 122 valence electrons. The minimum atomic E-state index is -0.881. The van der Waals surface area contributed by atoms with Gasteiger partial charge in [0.1, 0.15) is 0 Å². The first kappa shape index (κ1) is 17.2. The van der Waals surface area contributed by atoms with Gasteiger partial charge in [-0.25, -0.2) is 8.78 Å². The number of carbonyl (C=O) groups is 1. The Bertz CT molecular complexity index is 505. The van der Waals surface area contributed by atoms with Gasteiger partial charge in [-0.3, -0.25) is 4.79 Å². The van der Waals surface area contributed by atoms with Gasteiger partial charge in [-0.2, -0.15) is 0 Å². The van der Waals surface area contributed by atoms with E-state index < -0.39 is 11.6 Å². The van der Waals surface area contributed by atoms with Crippen molar-refractivity contribution >= 4 is 17.7 Å². The molecule has 0 bridgehead atoms. The van der Waals surface area contributed by atoms with E-state index in [1.54, 1.807) is 0 Å². The predicted octanol–water partition coefficient (Wildman–Crippen LogP) is 3.05. The van der Waals surface area contributed by atoms with E-state index >= 15 is 0 Å². The lowest BCUT2D eigenvalue weighted by atomic mass is 10.1. The highest BCUT2D eigenvalue weighted by Gasteiger charge is 2.20. The molecule has 1 aromatic rings. The fourth-order valence-electron chi connectivity index (χ4n) is 2.60. The van der Waals surface area contributed by atoms with Crippen molar-refractivity contribution in [1.82, 2.24) is 10.2 Å². The maximum absolute atomic E-state index is 13.1. The Kier molecular flexibility index (Phi) is 6.64. The molecule has 0 aromatic heterocycles. The molecule has 6 heteroatoms. The van der Waals surface area contributed by atoms with Gasteiger partial charge in [-0.1, -0.05) is 6.92 Å². The van der Waals surface area contributed by atoms with Gasteiger partial charge in [0.25, 0.3) is 0 Å². The van der Waals surface area contributed by atoms with Crippen molar-refractivity contribution in [2.24, 2.45) is 0 Å². The van der Waals surface area contributed by atoms with Crippen LogP contribution >= 0.6 is 11.8 Å². The molecule has 1 N–H and O–H groups in total. The van der Waals surface area contributed by atoms with E-state index in [2.05, 4.69) is 17.1 Å². The number of carbonyl (C=O) groups excluding carboxylic acids is 1. The first-order chi connectivity index (χ1) is 10.6. The number of hydrogen-bond acceptors (Lipinski definition) is 3. The SMILES string of the molecule is CCCN1CCC(NC(=O)CSc2ccc(F)c(F)c2)CC1. The van der Waals surface area contributed by atoms with Crippen LogP contribution in [0.5, 0.6) is 0 Å². The minimum absolute atomic E-state index is 0.0522. The van der Waals surface area contributed by atoms with Crippen LogP contribution in [0.3, 0.4) is 0 Å². The molecule has 0 saturated carbocycles. The lowest BCUT2D eigenvalue weighted by molar-refractivity contribution is -0.119. The minimum Gasteiger partial charge on any atom is -0.353 e. The van der Waals surface area contributed by atoms with E-state index in [9.17, 15) is 13.6 Å². The average molecular weight is 328 g/mol. The highest BCUT2D eigenvalue weighted by Crippen LogP contribution is 2.20. The van der Waals surface area contributed by atoms with Gasteiger partial charge < -0.3 is 10.2 Å². The molecule has 1 fully saturated rings. The zero-order valence-electron chi connectivity index (χ0n) is 12.8. The molecule has 0 aliphatic carbocycles. The smallest absolute Gasteiger partial charge is 0.230 e. The molecule has 1 saturated heterocycles. The van der Waals surface area contributed by atoms with Crippen molar-refractivity contribution in [3.8, 4) is 0 Å². The van der Waals surface area contributed by atoms with Crippen molar-refractivity contribution < 1.29 is 13.6 Å². The third-order valence-electron chi connectivity index (χ3n) is 3.75. The van der Waals surface area contributed by atoms with Gasteiger partial charge in [0.2, 0.25) is 5.91 Å². The van der Waals surface area contributed by atoms with Crippen LogP contribution in [-0.4, -0.2) is 42.2 Å². The molecule has 0 radical (unpaired) electrons. The molecule has 0 atom stereocenters. The zero-order chi connectivity index (χ0) is 15.9. The van der Waals surface area contributed by atoms with Crippen molar-refractivity contribution in [2.45, 2.75) is 37.1 Å².